The molecule has 7 heteroatoms. The molecule has 0 saturated heterocycles. The summed E-state index contributed by atoms with van der Waals surface area (Å²) in [5.41, 5.74) is 0.900. The summed E-state index contributed by atoms with van der Waals surface area (Å²) in [6.45, 7) is 2.47. The molecule has 0 heterocycles. The summed E-state index contributed by atoms with van der Waals surface area (Å²) in [4.78, 5) is 22.3. The van der Waals surface area contributed by atoms with Crippen molar-refractivity contribution in [2.24, 2.45) is 0 Å². The third kappa shape index (κ3) is 4.69. The number of carbonyl (C=O) groups is 1. The van der Waals surface area contributed by atoms with Gasteiger partial charge < -0.3 is 10.1 Å². The molecule has 2 rings (SSSR count). The van der Waals surface area contributed by atoms with E-state index in [-0.39, 0.29) is 23.0 Å². The predicted molar refractivity (Wildman–Crippen MR) is 88.1 cm³/mol. The quantitative estimate of drug-likeness (QED) is 0.643. The summed E-state index contributed by atoms with van der Waals surface area (Å²) in [6.07, 6.45) is 0.156. The third-order valence-corrected chi connectivity index (χ3v) is 3.35. The lowest BCUT2D eigenvalue weighted by atomic mass is 10.1. The Balaban J connectivity index is 2.02. The summed E-state index contributed by atoms with van der Waals surface area (Å²) >= 11 is 5.73. The summed E-state index contributed by atoms with van der Waals surface area (Å²) in [7, 11) is 0. The molecule has 0 unspecified atom stereocenters. The van der Waals surface area contributed by atoms with Crippen LogP contribution in [0.25, 0.3) is 0 Å². The number of nitrogens with one attached hydrogen (secondary N) is 1. The zero-order chi connectivity index (χ0) is 16.8. The van der Waals surface area contributed by atoms with Gasteiger partial charge in [0.05, 0.1) is 18.0 Å². The van der Waals surface area contributed by atoms with E-state index in [1.807, 2.05) is 6.92 Å². The zero-order valence-corrected chi connectivity index (χ0v) is 13.2. The van der Waals surface area contributed by atoms with Gasteiger partial charge in [-0.1, -0.05) is 23.7 Å². The van der Waals surface area contributed by atoms with Crippen molar-refractivity contribution >= 4 is 28.9 Å². The van der Waals surface area contributed by atoms with Gasteiger partial charge in [0.15, 0.2) is 0 Å². The van der Waals surface area contributed by atoms with Gasteiger partial charge in [-0.15, -0.1) is 0 Å². The Morgan fingerprint density at radius 2 is 1.96 bits per heavy atom. The SMILES string of the molecule is CCOc1ccc(CC(=O)Nc2ccc(Cl)c([N+](=O)[O-])c2)cc1. The standard InChI is InChI=1S/C16H15ClN2O4/c1-2-23-13-6-3-11(4-7-13)9-16(20)18-12-5-8-14(17)15(10-12)19(21)22/h3-8,10H,2,9H2,1H3,(H,18,20). The number of hydrogen-bond acceptors (Lipinski definition) is 4. The van der Waals surface area contributed by atoms with Crippen LogP contribution < -0.4 is 10.1 Å². The van der Waals surface area contributed by atoms with Gasteiger partial charge in [-0.3, -0.25) is 14.9 Å². The van der Waals surface area contributed by atoms with Gasteiger partial charge in [0.1, 0.15) is 10.8 Å². The molecule has 0 bridgehead atoms. The Morgan fingerprint density at radius 3 is 2.57 bits per heavy atom. The van der Waals surface area contributed by atoms with E-state index in [2.05, 4.69) is 5.32 Å². The summed E-state index contributed by atoms with van der Waals surface area (Å²) in [5.74, 6) is 0.468. The summed E-state index contributed by atoms with van der Waals surface area (Å²) in [5, 5.41) is 13.5. The largest absolute Gasteiger partial charge is 0.494 e. The minimum atomic E-state index is -0.593. The fraction of sp³-hybridized carbons (Fsp3) is 0.188. The first-order valence-corrected chi connectivity index (χ1v) is 7.33. The number of carbonyl (C=O) groups excluding carboxylic acids is 1. The van der Waals surface area contributed by atoms with Crippen LogP contribution in [0.2, 0.25) is 5.02 Å². The third-order valence-electron chi connectivity index (χ3n) is 3.03. The van der Waals surface area contributed by atoms with Crippen LogP contribution in [0.15, 0.2) is 42.5 Å². The van der Waals surface area contributed by atoms with Crippen molar-refractivity contribution in [3.8, 4) is 5.75 Å². The topological polar surface area (TPSA) is 81.5 Å². The fourth-order valence-electron chi connectivity index (χ4n) is 1.99. The van der Waals surface area contributed by atoms with E-state index in [1.165, 1.54) is 18.2 Å². The molecule has 0 aliphatic rings. The highest BCUT2D eigenvalue weighted by Crippen LogP contribution is 2.27. The Labute approximate surface area is 138 Å². The van der Waals surface area contributed by atoms with Gasteiger partial charge in [-0.05, 0) is 36.8 Å². The van der Waals surface area contributed by atoms with Crippen LogP contribution in [-0.4, -0.2) is 17.4 Å². The zero-order valence-electron chi connectivity index (χ0n) is 12.4. The van der Waals surface area contributed by atoms with E-state index in [0.717, 1.165) is 11.3 Å². The molecule has 0 atom stereocenters. The van der Waals surface area contributed by atoms with Gasteiger partial charge in [-0.2, -0.15) is 0 Å². The van der Waals surface area contributed by atoms with E-state index in [0.29, 0.717) is 12.3 Å². The number of rotatable bonds is 6. The molecule has 0 saturated carbocycles. The van der Waals surface area contributed by atoms with Crippen LogP contribution in [0.1, 0.15) is 12.5 Å². The van der Waals surface area contributed by atoms with Crippen molar-refractivity contribution in [3.05, 3.63) is 63.2 Å². The molecule has 23 heavy (non-hydrogen) atoms. The first-order valence-electron chi connectivity index (χ1n) is 6.95. The van der Waals surface area contributed by atoms with Crippen LogP contribution in [0.4, 0.5) is 11.4 Å². The van der Waals surface area contributed by atoms with Crippen LogP contribution in [0.5, 0.6) is 5.75 Å². The molecule has 2 aromatic rings. The second-order valence-corrected chi connectivity index (χ2v) is 5.13. The van der Waals surface area contributed by atoms with Gasteiger partial charge in [-0.25, -0.2) is 0 Å². The van der Waals surface area contributed by atoms with Gasteiger partial charge in [0, 0.05) is 11.8 Å². The fourth-order valence-corrected chi connectivity index (χ4v) is 2.18. The Bertz CT molecular complexity index is 717. The maximum Gasteiger partial charge on any atom is 0.289 e. The molecule has 1 N–H and O–H groups in total. The van der Waals surface area contributed by atoms with E-state index in [9.17, 15) is 14.9 Å². The molecule has 0 radical (unpaired) electrons. The highest BCUT2D eigenvalue weighted by molar-refractivity contribution is 6.32. The van der Waals surface area contributed by atoms with Crippen LogP contribution in [0, 0.1) is 10.1 Å². The number of amides is 1. The smallest absolute Gasteiger partial charge is 0.289 e. The molecule has 0 fully saturated rings. The molecule has 6 nitrogen and oxygen atoms in total. The minimum absolute atomic E-state index is 0.0273. The second-order valence-electron chi connectivity index (χ2n) is 4.73. The van der Waals surface area contributed by atoms with Crippen molar-refractivity contribution in [1.82, 2.24) is 0 Å². The molecule has 0 aliphatic heterocycles. The number of benzene rings is 2. The van der Waals surface area contributed by atoms with E-state index in [1.54, 1.807) is 24.3 Å². The molecule has 2 aromatic carbocycles. The number of nitrogens with zero attached hydrogens (tertiary/aromatic N) is 1. The molecule has 0 aromatic heterocycles. The average molecular weight is 335 g/mol. The van der Waals surface area contributed by atoms with E-state index < -0.39 is 4.92 Å². The average Bonchev–Trinajstić information content (AvgIpc) is 2.51. The minimum Gasteiger partial charge on any atom is -0.494 e. The van der Waals surface area contributed by atoms with Crippen molar-refractivity contribution < 1.29 is 14.5 Å². The Morgan fingerprint density at radius 1 is 1.26 bits per heavy atom. The summed E-state index contributed by atoms with van der Waals surface area (Å²) in [6, 6.07) is 11.3. The van der Waals surface area contributed by atoms with Crippen molar-refractivity contribution in [2.75, 3.05) is 11.9 Å². The highest BCUT2D eigenvalue weighted by atomic mass is 35.5. The van der Waals surface area contributed by atoms with Crippen molar-refractivity contribution in [3.63, 3.8) is 0 Å². The molecule has 120 valence electrons. The maximum absolute atomic E-state index is 12.0. The summed E-state index contributed by atoms with van der Waals surface area (Å²) < 4.78 is 5.33. The van der Waals surface area contributed by atoms with E-state index >= 15 is 0 Å². The number of anilines is 1. The predicted octanol–water partition coefficient (Wildman–Crippen LogP) is 3.83. The first kappa shape index (κ1) is 16.8. The Hall–Kier alpha value is -2.60. The van der Waals surface area contributed by atoms with Gasteiger partial charge >= 0.3 is 0 Å². The lowest BCUT2D eigenvalue weighted by molar-refractivity contribution is -0.384. The lowest BCUT2D eigenvalue weighted by Gasteiger charge is -2.07. The molecule has 0 aliphatic carbocycles. The number of halogens is 1. The molecular weight excluding hydrogens is 320 g/mol. The molecule has 1 amide bonds. The van der Waals surface area contributed by atoms with Gasteiger partial charge in [0.2, 0.25) is 5.91 Å². The van der Waals surface area contributed by atoms with Crippen molar-refractivity contribution in [1.29, 1.82) is 0 Å². The second kappa shape index (κ2) is 7.60. The monoisotopic (exact) mass is 334 g/mol. The van der Waals surface area contributed by atoms with Crippen LogP contribution >= 0.6 is 11.6 Å². The first-order chi connectivity index (χ1) is 11.0. The van der Waals surface area contributed by atoms with Crippen LogP contribution in [-0.2, 0) is 11.2 Å². The Kier molecular flexibility index (Phi) is 5.54. The maximum atomic E-state index is 12.0. The number of hydrogen-bond donors (Lipinski definition) is 1. The van der Waals surface area contributed by atoms with Crippen molar-refractivity contribution in [2.45, 2.75) is 13.3 Å². The number of nitro groups is 1. The molecular formula is C16H15ClN2O4. The highest BCUT2D eigenvalue weighted by Gasteiger charge is 2.14. The number of nitro benzene ring substituents is 1. The lowest BCUT2D eigenvalue weighted by Crippen LogP contribution is -2.14. The normalized spacial score (nSPS) is 10.2. The number of ether oxygens (including phenoxy) is 1. The van der Waals surface area contributed by atoms with Gasteiger partial charge in [0.25, 0.3) is 5.69 Å². The van der Waals surface area contributed by atoms with Crippen LogP contribution in [0.3, 0.4) is 0 Å². The van der Waals surface area contributed by atoms with E-state index in [4.69, 9.17) is 16.3 Å². The molecule has 0 spiro atoms.